The van der Waals surface area contributed by atoms with Crippen LogP contribution in [0.3, 0.4) is 0 Å². The van der Waals surface area contributed by atoms with Gasteiger partial charge in [0.1, 0.15) is 0 Å². The molecule has 1 aromatic heterocycles. The average Bonchev–Trinajstić information content (AvgIpc) is 2.30. The van der Waals surface area contributed by atoms with Crippen molar-refractivity contribution < 1.29 is 0 Å². The standard InChI is InChI=1S/C12H8BrCl2NO/c13-9-4-5-11(17)16(7-9)6-8-2-1-3-10(14)12(8)15/h1-5,7H,6H2. The Hall–Kier alpha value is -0.770. The van der Waals surface area contributed by atoms with E-state index in [4.69, 9.17) is 23.2 Å². The second-order valence-corrected chi connectivity index (χ2v) is 5.23. The summed E-state index contributed by atoms with van der Waals surface area (Å²) >= 11 is 15.3. The number of rotatable bonds is 2. The Morgan fingerprint density at radius 1 is 1.18 bits per heavy atom. The number of pyridine rings is 1. The van der Waals surface area contributed by atoms with Crippen LogP contribution in [0.4, 0.5) is 0 Å². The summed E-state index contributed by atoms with van der Waals surface area (Å²) in [6.45, 7) is 0.400. The molecule has 0 atom stereocenters. The minimum atomic E-state index is -0.0794. The normalized spacial score (nSPS) is 10.5. The van der Waals surface area contributed by atoms with E-state index in [1.807, 2.05) is 12.1 Å². The molecule has 5 heteroatoms. The number of hydrogen-bond acceptors (Lipinski definition) is 1. The Morgan fingerprint density at radius 2 is 1.94 bits per heavy atom. The summed E-state index contributed by atoms with van der Waals surface area (Å²) in [4.78, 5) is 11.6. The molecule has 1 aromatic carbocycles. The molecule has 1 heterocycles. The van der Waals surface area contributed by atoms with Gasteiger partial charge in [-0.25, -0.2) is 0 Å². The lowest BCUT2D eigenvalue weighted by Crippen LogP contribution is -2.18. The molecule has 2 rings (SSSR count). The zero-order valence-electron chi connectivity index (χ0n) is 8.66. The predicted octanol–water partition coefficient (Wildman–Crippen LogP) is 3.97. The lowest BCUT2D eigenvalue weighted by Gasteiger charge is -2.08. The van der Waals surface area contributed by atoms with Crippen LogP contribution in [0, 0.1) is 0 Å². The van der Waals surface area contributed by atoms with Crippen molar-refractivity contribution in [3.63, 3.8) is 0 Å². The SMILES string of the molecule is O=c1ccc(Br)cn1Cc1cccc(Cl)c1Cl. The molecule has 0 amide bonds. The van der Waals surface area contributed by atoms with Crippen LogP contribution in [0.2, 0.25) is 10.0 Å². The second kappa shape index (κ2) is 5.25. The molecular weight excluding hydrogens is 325 g/mol. The number of halogens is 3. The van der Waals surface area contributed by atoms with Crippen molar-refractivity contribution in [3.05, 3.63) is 67.0 Å². The molecule has 0 saturated heterocycles. The minimum Gasteiger partial charge on any atom is -0.310 e. The largest absolute Gasteiger partial charge is 0.310 e. The Bertz CT molecular complexity index is 610. The minimum absolute atomic E-state index is 0.0794. The van der Waals surface area contributed by atoms with Gasteiger partial charge in [0.2, 0.25) is 0 Å². The molecule has 0 spiro atoms. The summed E-state index contributed by atoms with van der Waals surface area (Å²) in [7, 11) is 0. The first-order valence-electron chi connectivity index (χ1n) is 4.87. The van der Waals surface area contributed by atoms with Crippen molar-refractivity contribution in [1.82, 2.24) is 4.57 Å². The predicted molar refractivity (Wildman–Crippen MR) is 74.0 cm³/mol. The van der Waals surface area contributed by atoms with E-state index in [1.54, 1.807) is 22.9 Å². The van der Waals surface area contributed by atoms with Gasteiger partial charge < -0.3 is 4.57 Å². The van der Waals surface area contributed by atoms with Crippen LogP contribution >= 0.6 is 39.1 Å². The smallest absolute Gasteiger partial charge is 0.250 e. The fourth-order valence-corrected chi connectivity index (χ4v) is 2.24. The van der Waals surface area contributed by atoms with Crippen molar-refractivity contribution in [2.24, 2.45) is 0 Å². The second-order valence-electron chi connectivity index (χ2n) is 3.53. The van der Waals surface area contributed by atoms with Gasteiger partial charge in [-0.1, -0.05) is 35.3 Å². The maximum atomic E-state index is 11.6. The topological polar surface area (TPSA) is 22.0 Å². The van der Waals surface area contributed by atoms with Gasteiger partial charge in [-0.05, 0) is 33.6 Å². The molecule has 0 unspecified atom stereocenters. The van der Waals surface area contributed by atoms with Crippen molar-refractivity contribution in [2.75, 3.05) is 0 Å². The van der Waals surface area contributed by atoms with Crippen LogP contribution in [-0.2, 0) is 6.54 Å². The highest BCUT2D eigenvalue weighted by Gasteiger charge is 2.06. The Morgan fingerprint density at radius 3 is 2.71 bits per heavy atom. The van der Waals surface area contributed by atoms with Gasteiger partial charge in [-0.15, -0.1) is 0 Å². The van der Waals surface area contributed by atoms with Gasteiger partial charge in [0.25, 0.3) is 5.56 Å². The van der Waals surface area contributed by atoms with Crippen LogP contribution in [0.25, 0.3) is 0 Å². The highest BCUT2D eigenvalue weighted by Crippen LogP contribution is 2.25. The number of aromatic nitrogens is 1. The molecule has 88 valence electrons. The van der Waals surface area contributed by atoms with Gasteiger partial charge in [-0.2, -0.15) is 0 Å². The third kappa shape index (κ3) is 2.92. The molecule has 0 aliphatic rings. The summed E-state index contributed by atoms with van der Waals surface area (Å²) in [5.41, 5.74) is 0.739. The van der Waals surface area contributed by atoms with E-state index >= 15 is 0 Å². The highest BCUT2D eigenvalue weighted by molar-refractivity contribution is 9.10. The van der Waals surface area contributed by atoms with Crippen LogP contribution in [0.15, 0.2) is 45.8 Å². The Labute approximate surface area is 117 Å². The quantitative estimate of drug-likeness (QED) is 0.815. The van der Waals surface area contributed by atoms with Crippen molar-refractivity contribution >= 4 is 39.1 Å². The van der Waals surface area contributed by atoms with E-state index in [2.05, 4.69) is 15.9 Å². The number of benzene rings is 1. The van der Waals surface area contributed by atoms with E-state index in [-0.39, 0.29) is 5.56 Å². The number of hydrogen-bond donors (Lipinski definition) is 0. The zero-order chi connectivity index (χ0) is 12.4. The molecule has 0 radical (unpaired) electrons. The molecule has 2 aromatic rings. The van der Waals surface area contributed by atoms with Crippen LogP contribution < -0.4 is 5.56 Å². The van der Waals surface area contributed by atoms with Gasteiger partial charge >= 0.3 is 0 Å². The monoisotopic (exact) mass is 331 g/mol. The molecule has 2 nitrogen and oxygen atoms in total. The lowest BCUT2D eigenvalue weighted by atomic mass is 10.2. The number of nitrogens with zero attached hydrogens (tertiary/aromatic N) is 1. The van der Waals surface area contributed by atoms with Crippen molar-refractivity contribution in [1.29, 1.82) is 0 Å². The van der Waals surface area contributed by atoms with Crippen LogP contribution in [-0.4, -0.2) is 4.57 Å². The van der Waals surface area contributed by atoms with E-state index in [9.17, 15) is 4.79 Å². The van der Waals surface area contributed by atoms with E-state index in [0.29, 0.717) is 16.6 Å². The Kier molecular flexibility index (Phi) is 3.92. The van der Waals surface area contributed by atoms with Gasteiger partial charge in [0.15, 0.2) is 0 Å². The Balaban J connectivity index is 2.41. The molecule has 17 heavy (non-hydrogen) atoms. The summed E-state index contributed by atoms with van der Waals surface area (Å²) in [5.74, 6) is 0. The molecule has 0 bridgehead atoms. The highest BCUT2D eigenvalue weighted by atomic mass is 79.9. The molecular formula is C12H8BrCl2NO. The molecule has 0 aliphatic heterocycles. The summed E-state index contributed by atoms with van der Waals surface area (Å²) in [6.07, 6.45) is 1.72. The maximum absolute atomic E-state index is 11.6. The molecule has 0 fully saturated rings. The van der Waals surface area contributed by atoms with E-state index < -0.39 is 0 Å². The van der Waals surface area contributed by atoms with Crippen LogP contribution in [0.1, 0.15) is 5.56 Å². The maximum Gasteiger partial charge on any atom is 0.250 e. The molecule has 0 N–H and O–H groups in total. The third-order valence-corrected chi connectivity index (χ3v) is 3.65. The first-order chi connectivity index (χ1) is 8.08. The fourth-order valence-electron chi connectivity index (χ4n) is 1.48. The van der Waals surface area contributed by atoms with Gasteiger partial charge in [0, 0.05) is 16.7 Å². The van der Waals surface area contributed by atoms with E-state index in [1.165, 1.54) is 6.07 Å². The summed E-state index contributed by atoms with van der Waals surface area (Å²) in [6, 6.07) is 8.59. The first kappa shape index (κ1) is 12.7. The lowest BCUT2D eigenvalue weighted by molar-refractivity contribution is 0.756. The first-order valence-corrected chi connectivity index (χ1v) is 6.41. The van der Waals surface area contributed by atoms with E-state index in [0.717, 1.165) is 10.0 Å². The third-order valence-electron chi connectivity index (χ3n) is 2.32. The summed E-state index contributed by atoms with van der Waals surface area (Å²) in [5, 5.41) is 0.980. The van der Waals surface area contributed by atoms with Gasteiger partial charge in [-0.3, -0.25) is 4.79 Å². The average molecular weight is 333 g/mol. The fraction of sp³-hybridized carbons (Fsp3) is 0.0833. The molecule has 0 saturated carbocycles. The van der Waals surface area contributed by atoms with Crippen molar-refractivity contribution in [3.8, 4) is 0 Å². The molecule has 0 aliphatic carbocycles. The van der Waals surface area contributed by atoms with Crippen LogP contribution in [0.5, 0.6) is 0 Å². The van der Waals surface area contributed by atoms with Gasteiger partial charge in [0.05, 0.1) is 16.6 Å². The van der Waals surface area contributed by atoms with Crippen molar-refractivity contribution in [2.45, 2.75) is 6.54 Å². The summed E-state index contributed by atoms with van der Waals surface area (Å²) < 4.78 is 2.41. The zero-order valence-corrected chi connectivity index (χ0v) is 11.8.